The Morgan fingerprint density at radius 2 is 1.88 bits per heavy atom. The van der Waals surface area contributed by atoms with Gasteiger partial charge in [-0.25, -0.2) is 0 Å². The van der Waals surface area contributed by atoms with Gasteiger partial charge >= 0.3 is 0 Å². The smallest absolute Gasteiger partial charge is 0.255 e. The second kappa shape index (κ2) is 9.61. The van der Waals surface area contributed by atoms with Gasteiger partial charge in [-0.3, -0.25) is 4.79 Å². The van der Waals surface area contributed by atoms with Crippen LogP contribution in [0.25, 0.3) is 0 Å². The van der Waals surface area contributed by atoms with Crippen molar-refractivity contribution in [3.63, 3.8) is 0 Å². The molecule has 2 aromatic carbocycles. The Morgan fingerprint density at radius 1 is 1.09 bits per heavy atom. The topological polar surface area (TPSA) is 71.6 Å². The average molecular weight is 452 g/mol. The zero-order valence-corrected chi connectivity index (χ0v) is 19.5. The number of methoxy groups -OCH3 is 1. The highest BCUT2D eigenvalue weighted by Crippen LogP contribution is 2.36. The molecule has 1 heterocycles. The van der Waals surface area contributed by atoms with E-state index in [1.807, 2.05) is 56.3 Å². The van der Waals surface area contributed by atoms with Crippen LogP contribution in [-0.2, 0) is 4.79 Å². The number of ether oxygens (including phenoxy) is 2. The lowest BCUT2D eigenvalue weighted by Gasteiger charge is -2.31. The molecule has 168 valence electrons. The summed E-state index contributed by atoms with van der Waals surface area (Å²) in [6.07, 6.45) is 4.77. The second-order valence-corrected chi connectivity index (χ2v) is 8.74. The molecule has 0 bridgehead atoms. The molecular formula is C25H29N3O3S. The van der Waals surface area contributed by atoms with Gasteiger partial charge in [0.15, 0.2) is 16.6 Å². The zero-order valence-electron chi connectivity index (χ0n) is 18.7. The third-order valence-electron chi connectivity index (χ3n) is 5.91. The first-order chi connectivity index (χ1) is 15.4. The summed E-state index contributed by atoms with van der Waals surface area (Å²) in [5.41, 5.74) is 3.99. The van der Waals surface area contributed by atoms with Crippen molar-refractivity contribution in [2.24, 2.45) is 0 Å². The van der Waals surface area contributed by atoms with Gasteiger partial charge in [0, 0.05) is 11.4 Å². The monoisotopic (exact) mass is 451 g/mol. The van der Waals surface area contributed by atoms with E-state index < -0.39 is 6.04 Å². The summed E-state index contributed by atoms with van der Waals surface area (Å²) >= 11 is 5.38. The van der Waals surface area contributed by atoms with Crippen molar-refractivity contribution >= 4 is 28.9 Å². The van der Waals surface area contributed by atoms with Crippen LogP contribution in [0.15, 0.2) is 53.7 Å². The summed E-state index contributed by atoms with van der Waals surface area (Å²) in [4.78, 5) is 13.3. The first-order valence-electron chi connectivity index (χ1n) is 11.0. The Kier molecular flexibility index (Phi) is 6.65. The van der Waals surface area contributed by atoms with Gasteiger partial charge < -0.3 is 25.4 Å². The molecule has 0 saturated heterocycles. The molecule has 2 aliphatic rings. The molecule has 4 rings (SSSR count). The Labute approximate surface area is 194 Å². The number of rotatable bonds is 6. The number of allylic oxidation sites excluding steroid dienone is 1. The number of carbonyl (C=O) groups excluding carboxylic acids is 1. The summed E-state index contributed by atoms with van der Waals surface area (Å²) in [6.45, 7) is 3.85. The van der Waals surface area contributed by atoms with Crippen LogP contribution >= 0.6 is 12.2 Å². The van der Waals surface area contributed by atoms with Gasteiger partial charge in [-0.05, 0) is 87.1 Å². The van der Waals surface area contributed by atoms with E-state index in [1.165, 1.54) is 12.8 Å². The molecule has 0 spiro atoms. The van der Waals surface area contributed by atoms with Crippen molar-refractivity contribution in [2.45, 2.75) is 51.7 Å². The van der Waals surface area contributed by atoms with Crippen molar-refractivity contribution in [3.8, 4) is 11.5 Å². The van der Waals surface area contributed by atoms with E-state index in [-0.39, 0.29) is 12.0 Å². The predicted molar refractivity (Wildman–Crippen MR) is 130 cm³/mol. The van der Waals surface area contributed by atoms with Gasteiger partial charge in [-0.1, -0.05) is 18.2 Å². The van der Waals surface area contributed by atoms with Crippen molar-refractivity contribution in [3.05, 3.63) is 64.9 Å². The van der Waals surface area contributed by atoms with Crippen LogP contribution in [0.5, 0.6) is 11.5 Å². The molecule has 2 aromatic rings. The van der Waals surface area contributed by atoms with Gasteiger partial charge in [0.05, 0.1) is 24.8 Å². The molecule has 1 fully saturated rings. The maximum Gasteiger partial charge on any atom is 0.255 e. The molecule has 1 aliphatic carbocycles. The summed E-state index contributed by atoms with van der Waals surface area (Å²) in [5, 5.41) is 9.81. The molecule has 1 aliphatic heterocycles. The number of nitrogens with one attached hydrogen (secondary N) is 3. The lowest BCUT2D eigenvalue weighted by Crippen LogP contribution is -2.45. The van der Waals surface area contributed by atoms with E-state index in [0.29, 0.717) is 22.1 Å². The summed E-state index contributed by atoms with van der Waals surface area (Å²) in [7, 11) is 1.63. The van der Waals surface area contributed by atoms with Crippen LogP contribution in [0.4, 0.5) is 5.69 Å². The van der Waals surface area contributed by atoms with E-state index in [0.717, 1.165) is 35.4 Å². The lowest BCUT2D eigenvalue weighted by molar-refractivity contribution is -0.113. The normalized spacial score (nSPS) is 18.7. The molecule has 32 heavy (non-hydrogen) atoms. The van der Waals surface area contributed by atoms with Crippen molar-refractivity contribution in [1.29, 1.82) is 0 Å². The number of amides is 1. The zero-order chi connectivity index (χ0) is 22.7. The first-order valence-corrected chi connectivity index (χ1v) is 11.4. The molecule has 0 radical (unpaired) electrons. The number of carbonyl (C=O) groups is 1. The molecule has 1 atom stereocenters. The lowest BCUT2D eigenvalue weighted by atomic mass is 9.94. The SMILES string of the molecule is COc1cc([C@H]2NC(=S)NC(C)=C2C(=O)Nc2cccc(C)c2)ccc1OC1CCCC1. The number of benzene rings is 2. The summed E-state index contributed by atoms with van der Waals surface area (Å²) in [5.74, 6) is 1.19. The highest BCUT2D eigenvalue weighted by Gasteiger charge is 2.31. The fraction of sp³-hybridized carbons (Fsp3) is 0.360. The van der Waals surface area contributed by atoms with Gasteiger partial charge in [0.2, 0.25) is 0 Å². The van der Waals surface area contributed by atoms with Crippen LogP contribution in [0, 0.1) is 6.92 Å². The van der Waals surface area contributed by atoms with E-state index >= 15 is 0 Å². The van der Waals surface area contributed by atoms with E-state index in [1.54, 1.807) is 7.11 Å². The summed E-state index contributed by atoms with van der Waals surface area (Å²) in [6, 6.07) is 13.1. The molecular weight excluding hydrogens is 422 g/mol. The third-order valence-corrected chi connectivity index (χ3v) is 6.13. The predicted octanol–water partition coefficient (Wildman–Crippen LogP) is 4.76. The van der Waals surface area contributed by atoms with Crippen LogP contribution in [0.2, 0.25) is 0 Å². The van der Waals surface area contributed by atoms with Gasteiger partial charge in [0.1, 0.15) is 0 Å². The van der Waals surface area contributed by atoms with Gasteiger partial charge in [-0.15, -0.1) is 0 Å². The van der Waals surface area contributed by atoms with Crippen LogP contribution in [0.1, 0.15) is 49.8 Å². The van der Waals surface area contributed by atoms with Crippen LogP contribution in [-0.4, -0.2) is 24.2 Å². The minimum Gasteiger partial charge on any atom is -0.493 e. The Bertz CT molecular complexity index is 1060. The van der Waals surface area contributed by atoms with Gasteiger partial charge in [-0.2, -0.15) is 0 Å². The second-order valence-electron chi connectivity index (χ2n) is 8.33. The van der Waals surface area contributed by atoms with E-state index in [2.05, 4.69) is 16.0 Å². The molecule has 1 amide bonds. The Hall–Kier alpha value is -3.06. The van der Waals surface area contributed by atoms with E-state index in [4.69, 9.17) is 21.7 Å². The quantitative estimate of drug-likeness (QED) is 0.550. The highest BCUT2D eigenvalue weighted by atomic mass is 32.1. The molecule has 0 aromatic heterocycles. The standard InChI is InChI=1S/C25H29N3O3S/c1-15-7-6-8-18(13-15)27-24(29)22-16(2)26-25(32)28-23(22)17-11-12-20(21(14-17)30-3)31-19-9-4-5-10-19/h6-8,11-14,19,23H,4-5,9-10H2,1-3H3,(H,27,29)(H2,26,28,32)/t23-/m1/s1. The molecule has 7 heteroatoms. The maximum absolute atomic E-state index is 13.3. The molecule has 1 saturated carbocycles. The number of thiocarbonyl (C=S) groups is 1. The fourth-order valence-electron chi connectivity index (χ4n) is 4.31. The number of hydrogen-bond donors (Lipinski definition) is 3. The Balaban J connectivity index is 1.63. The Morgan fingerprint density at radius 3 is 2.59 bits per heavy atom. The average Bonchev–Trinajstić information content (AvgIpc) is 3.26. The minimum atomic E-state index is -0.414. The third kappa shape index (κ3) is 4.88. The van der Waals surface area contributed by atoms with Crippen molar-refractivity contribution in [2.75, 3.05) is 12.4 Å². The van der Waals surface area contributed by atoms with E-state index in [9.17, 15) is 4.79 Å². The molecule has 3 N–H and O–H groups in total. The number of aryl methyl sites for hydroxylation is 1. The number of hydrogen-bond acceptors (Lipinski definition) is 4. The minimum absolute atomic E-state index is 0.189. The maximum atomic E-state index is 13.3. The number of anilines is 1. The molecule has 6 nitrogen and oxygen atoms in total. The highest BCUT2D eigenvalue weighted by molar-refractivity contribution is 7.80. The van der Waals surface area contributed by atoms with Crippen LogP contribution in [0.3, 0.4) is 0 Å². The van der Waals surface area contributed by atoms with Crippen molar-refractivity contribution in [1.82, 2.24) is 10.6 Å². The molecule has 0 unspecified atom stereocenters. The largest absolute Gasteiger partial charge is 0.493 e. The summed E-state index contributed by atoms with van der Waals surface area (Å²) < 4.78 is 11.8. The van der Waals surface area contributed by atoms with Gasteiger partial charge in [0.25, 0.3) is 5.91 Å². The first kappa shape index (κ1) is 22.1. The van der Waals surface area contributed by atoms with Crippen LogP contribution < -0.4 is 25.4 Å². The fourth-order valence-corrected chi connectivity index (χ4v) is 4.58. The van der Waals surface area contributed by atoms with Crippen molar-refractivity contribution < 1.29 is 14.3 Å².